The van der Waals surface area contributed by atoms with Gasteiger partial charge in [0, 0.05) is 19.5 Å². The number of fused-ring (bicyclic) bond motifs is 1. The van der Waals surface area contributed by atoms with Crippen molar-refractivity contribution in [2.45, 2.75) is 26.2 Å². The maximum absolute atomic E-state index is 13.3. The predicted molar refractivity (Wildman–Crippen MR) is 95.9 cm³/mol. The van der Waals surface area contributed by atoms with Crippen LogP contribution in [-0.4, -0.2) is 32.9 Å². The molecule has 0 bridgehead atoms. The van der Waals surface area contributed by atoms with Crippen LogP contribution in [0, 0.1) is 11.6 Å². The molecule has 0 N–H and O–H groups in total. The zero-order valence-electron chi connectivity index (χ0n) is 14.5. The number of hydrogen-bond acceptors (Lipinski definition) is 4. The molecule has 1 fully saturated rings. The largest absolute Gasteiger partial charge is 0.355 e. The minimum absolute atomic E-state index is 0.698. The Morgan fingerprint density at radius 2 is 1.85 bits per heavy atom. The van der Waals surface area contributed by atoms with Crippen LogP contribution in [0.5, 0.6) is 0 Å². The van der Waals surface area contributed by atoms with E-state index in [-0.39, 0.29) is 0 Å². The lowest BCUT2D eigenvalue weighted by Crippen LogP contribution is -2.31. The summed E-state index contributed by atoms with van der Waals surface area (Å²) in [5.74, 6) is 0.121. The summed E-state index contributed by atoms with van der Waals surface area (Å²) in [7, 11) is 0. The van der Waals surface area contributed by atoms with Gasteiger partial charge in [-0.25, -0.2) is 8.78 Å². The average molecular weight is 355 g/mol. The molecule has 2 aromatic heterocycles. The lowest BCUT2D eigenvalue weighted by atomic mass is 10.0. The van der Waals surface area contributed by atoms with Gasteiger partial charge in [0.2, 0.25) is 0 Å². The molecule has 0 aliphatic carbocycles. The van der Waals surface area contributed by atoms with Crippen LogP contribution < -0.4 is 4.90 Å². The van der Waals surface area contributed by atoms with E-state index in [1.54, 1.807) is 10.6 Å². The highest BCUT2D eigenvalue weighted by Crippen LogP contribution is 2.24. The lowest BCUT2D eigenvalue weighted by molar-refractivity contribution is 0.508. The minimum atomic E-state index is -0.816. The second kappa shape index (κ2) is 6.82. The van der Waals surface area contributed by atoms with Crippen molar-refractivity contribution in [3.05, 3.63) is 58.9 Å². The summed E-state index contributed by atoms with van der Waals surface area (Å²) < 4.78 is 28.2. The monoisotopic (exact) mass is 355 g/mol. The van der Waals surface area contributed by atoms with E-state index in [4.69, 9.17) is 0 Å². The fourth-order valence-electron chi connectivity index (χ4n) is 3.22. The molecule has 0 amide bonds. The van der Waals surface area contributed by atoms with E-state index < -0.39 is 11.6 Å². The number of nitrogens with zero attached hydrogens (tertiary/aromatic N) is 5. The molecular weight excluding hydrogens is 336 g/mol. The Labute approximate surface area is 150 Å². The highest BCUT2D eigenvalue weighted by atomic mass is 19.2. The third kappa shape index (κ3) is 3.16. The highest BCUT2D eigenvalue weighted by Gasteiger charge is 2.17. The summed E-state index contributed by atoms with van der Waals surface area (Å²) in [5.41, 5.74) is 2.68. The van der Waals surface area contributed by atoms with Gasteiger partial charge in [-0.15, -0.1) is 15.3 Å². The molecule has 0 radical (unpaired) electrons. The Bertz CT molecular complexity index is 969. The molecule has 7 heteroatoms. The van der Waals surface area contributed by atoms with Gasteiger partial charge in [0.25, 0.3) is 0 Å². The van der Waals surface area contributed by atoms with E-state index in [1.165, 1.54) is 17.7 Å². The first-order valence-electron chi connectivity index (χ1n) is 8.75. The van der Waals surface area contributed by atoms with Crippen molar-refractivity contribution >= 4 is 17.5 Å². The van der Waals surface area contributed by atoms with Gasteiger partial charge in [-0.05, 0) is 42.7 Å². The number of anilines is 1. The molecule has 1 aliphatic rings. The molecule has 1 aliphatic heterocycles. The standard InChI is InChI=1S/C19H19F2N5/c1-2-17-22-23-18-5-6-19(24-26(17)18)25-9-7-13(8-10-25)11-14-3-4-15(20)16(21)12-14/h3-6,11-12H,2,7-10H2,1H3. The van der Waals surface area contributed by atoms with Gasteiger partial charge in [0.05, 0.1) is 0 Å². The molecule has 4 rings (SSSR count). The number of aryl methyl sites for hydroxylation is 1. The van der Waals surface area contributed by atoms with E-state index in [1.807, 2.05) is 25.1 Å². The third-order valence-electron chi connectivity index (χ3n) is 4.67. The molecule has 0 unspecified atom stereocenters. The van der Waals surface area contributed by atoms with Crippen LogP contribution in [0.4, 0.5) is 14.6 Å². The van der Waals surface area contributed by atoms with E-state index in [0.29, 0.717) is 5.56 Å². The van der Waals surface area contributed by atoms with Gasteiger partial charge in [0.15, 0.2) is 23.1 Å². The summed E-state index contributed by atoms with van der Waals surface area (Å²) in [6.45, 7) is 3.69. The first-order valence-corrected chi connectivity index (χ1v) is 8.75. The zero-order valence-corrected chi connectivity index (χ0v) is 14.5. The molecule has 3 aromatic rings. The maximum Gasteiger partial charge on any atom is 0.178 e. The first-order chi connectivity index (χ1) is 12.6. The quantitative estimate of drug-likeness (QED) is 0.719. The smallest absolute Gasteiger partial charge is 0.178 e. The molecule has 0 atom stereocenters. The van der Waals surface area contributed by atoms with Crippen LogP contribution in [0.15, 0.2) is 35.9 Å². The van der Waals surface area contributed by atoms with Crippen molar-refractivity contribution in [2.24, 2.45) is 0 Å². The Kier molecular flexibility index (Phi) is 4.36. The molecule has 0 saturated carbocycles. The summed E-state index contributed by atoms with van der Waals surface area (Å²) in [6, 6.07) is 7.91. The molecule has 134 valence electrons. The summed E-state index contributed by atoms with van der Waals surface area (Å²) in [6.07, 6.45) is 4.45. The van der Waals surface area contributed by atoms with Crippen molar-refractivity contribution in [3.63, 3.8) is 0 Å². The van der Waals surface area contributed by atoms with Crippen molar-refractivity contribution in [3.8, 4) is 0 Å². The number of hydrogen-bond donors (Lipinski definition) is 0. The van der Waals surface area contributed by atoms with E-state index in [2.05, 4.69) is 20.2 Å². The van der Waals surface area contributed by atoms with Gasteiger partial charge in [-0.3, -0.25) is 0 Å². The average Bonchev–Trinajstić information content (AvgIpc) is 3.08. The second-order valence-corrected chi connectivity index (χ2v) is 6.39. The lowest BCUT2D eigenvalue weighted by Gasteiger charge is -2.29. The van der Waals surface area contributed by atoms with E-state index >= 15 is 0 Å². The van der Waals surface area contributed by atoms with Gasteiger partial charge in [-0.2, -0.15) is 4.52 Å². The molecule has 5 nitrogen and oxygen atoms in total. The number of piperidine rings is 1. The molecule has 3 heterocycles. The number of benzene rings is 1. The third-order valence-corrected chi connectivity index (χ3v) is 4.67. The van der Waals surface area contributed by atoms with Crippen LogP contribution in [0.3, 0.4) is 0 Å². The predicted octanol–water partition coefficient (Wildman–Crippen LogP) is 3.65. The normalized spacial score (nSPS) is 14.9. The van der Waals surface area contributed by atoms with Gasteiger partial charge in [0.1, 0.15) is 5.82 Å². The Morgan fingerprint density at radius 1 is 1.04 bits per heavy atom. The minimum Gasteiger partial charge on any atom is -0.355 e. The van der Waals surface area contributed by atoms with Crippen LogP contribution in [0.25, 0.3) is 11.7 Å². The van der Waals surface area contributed by atoms with Gasteiger partial charge < -0.3 is 4.90 Å². The van der Waals surface area contributed by atoms with Crippen molar-refractivity contribution in [2.75, 3.05) is 18.0 Å². The van der Waals surface area contributed by atoms with Crippen LogP contribution >= 0.6 is 0 Å². The van der Waals surface area contributed by atoms with Gasteiger partial charge >= 0.3 is 0 Å². The van der Waals surface area contributed by atoms with Crippen molar-refractivity contribution < 1.29 is 8.78 Å². The number of halogens is 2. The molecule has 1 saturated heterocycles. The van der Waals surface area contributed by atoms with Crippen molar-refractivity contribution in [1.29, 1.82) is 0 Å². The number of rotatable bonds is 3. The zero-order chi connectivity index (χ0) is 18.1. The second-order valence-electron chi connectivity index (χ2n) is 6.39. The molecular formula is C19H19F2N5. The first kappa shape index (κ1) is 16.6. The number of aromatic nitrogens is 4. The summed E-state index contributed by atoms with van der Waals surface area (Å²) in [5, 5.41) is 12.9. The summed E-state index contributed by atoms with van der Waals surface area (Å²) >= 11 is 0. The van der Waals surface area contributed by atoms with Crippen LogP contribution in [0.2, 0.25) is 0 Å². The Balaban J connectivity index is 1.49. The van der Waals surface area contributed by atoms with E-state index in [9.17, 15) is 8.78 Å². The molecule has 1 aromatic carbocycles. The van der Waals surface area contributed by atoms with Crippen molar-refractivity contribution in [1.82, 2.24) is 19.8 Å². The highest BCUT2D eigenvalue weighted by molar-refractivity contribution is 5.54. The molecule has 26 heavy (non-hydrogen) atoms. The Hall–Kier alpha value is -2.83. The Morgan fingerprint density at radius 3 is 2.58 bits per heavy atom. The maximum atomic E-state index is 13.3. The topological polar surface area (TPSA) is 46.3 Å². The van der Waals surface area contributed by atoms with Crippen LogP contribution in [-0.2, 0) is 6.42 Å². The SMILES string of the molecule is CCc1nnc2ccc(N3CCC(=Cc4ccc(F)c(F)c4)CC3)nn12. The van der Waals surface area contributed by atoms with E-state index in [0.717, 1.165) is 49.6 Å². The molecule has 0 spiro atoms. The van der Waals surface area contributed by atoms with Gasteiger partial charge in [-0.1, -0.05) is 24.6 Å². The summed E-state index contributed by atoms with van der Waals surface area (Å²) in [4.78, 5) is 2.22. The fourth-order valence-corrected chi connectivity index (χ4v) is 3.22. The fraction of sp³-hybridized carbons (Fsp3) is 0.316. The van der Waals surface area contributed by atoms with Crippen LogP contribution in [0.1, 0.15) is 31.2 Å².